The lowest BCUT2D eigenvalue weighted by atomic mass is 10.1. The van der Waals surface area contributed by atoms with E-state index in [2.05, 4.69) is 0 Å². The van der Waals surface area contributed by atoms with Crippen LogP contribution in [0, 0.1) is 0 Å². The first-order valence-corrected chi connectivity index (χ1v) is 10.4. The molecule has 8 heteroatoms. The van der Waals surface area contributed by atoms with E-state index in [4.69, 9.17) is 15.2 Å². The molecule has 3 rings (SSSR count). The number of nitrogens with two attached hydrogens (primary N) is 1. The summed E-state index contributed by atoms with van der Waals surface area (Å²) in [6.07, 6.45) is 1.16. The highest BCUT2D eigenvalue weighted by Gasteiger charge is 2.36. The lowest BCUT2D eigenvalue weighted by Gasteiger charge is -2.28. The van der Waals surface area contributed by atoms with Gasteiger partial charge >= 0.3 is 0 Å². The fourth-order valence-electron chi connectivity index (χ4n) is 3.38. The molecular formula is C19H22N2O5S. The number of amides is 1. The second-order valence-electron chi connectivity index (χ2n) is 6.54. The molecule has 7 nitrogen and oxygen atoms in total. The Labute approximate surface area is 158 Å². The third-order valence-electron chi connectivity index (χ3n) is 4.63. The average Bonchev–Trinajstić information content (AvgIpc) is 2.96. The minimum absolute atomic E-state index is 0.206. The summed E-state index contributed by atoms with van der Waals surface area (Å²) in [6.45, 7) is 0.299. The number of carbonyl (C=O) groups is 1. The Hall–Kier alpha value is -2.74. The molecular weight excluding hydrogens is 368 g/mol. The maximum Gasteiger partial charge on any atom is 0.257 e. The molecule has 1 amide bonds. The van der Waals surface area contributed by atoms with Crippen molar-refractivity contribution in [2.75, 3.05) is 32.0 Å². The number of ether oxygens (including phenoxy) is 2. The first-order chi connectivity index (χ1) is 12.7. The smallest absolute Gasteiger partial charge is 0.257 e. The lowest BCUT2D eigenvalue weighted by molar-refractivity contribution is 0.0719. The number of nitrogens with zero attached hydrogens (tertiary/aromatic N) is 1. The van der Waals surface area contributed by atoms with E-state index in [1.165, 1.54) is 14.2 Å². The first kappa shape index (κ1) is 19.0. The van der Waals surface area contributed by atoms with Crippen molar-refractivity contribution in [1.29, 1.82) is 0 Å². The largest absolute Gasteiger partial charge is 0.493 e. The number of methoxy groups -OCH3 is 2. The topological polar surface area (TPSA) is 98.9 Å². The van der Waals surface area contributed by atoms with Crippen LogP contribution in [0.25, 0.3) is 0 Å². The van der Waals surface area contributed by atoms with Gasteiger partial charge in [-0.05, 0) is 29.3 Å². The van der Waals surface area contributed by atoms with Gasteiger partial charge in [-0.25, -0.2) is 8.42 Å². The molecule has 27 heavy (non-hydrogen) atoms. The van der Waals surface area contributed by atoms with E-state index in [-0.39, 0.29) is 11.7 Å². The van der Waals surface area contributed by atoms with Crippen LogP contribution in [-0.4, -0.2) is 45.5 Å². The molecule has 1 unspecified atom stereocenters. The van der Waals surface area contributed by atoms with Crippen molar-refractivity contribution in [2.24, 2.45) is 0 Å². The summed E-state index contributed by atoms with van der Waals surface area (Å²) in [7, 11) is -0.335. The molecule has 0 aromatic heterocycles. The minimum atomic E-state index is -3.36. The summed E-state index contributed by atoms with van der Waals surface area (Å²) in [5, 5.41) is 0. The van der Waals surface area contributed by atoms with Crippen molar-refractivity contribution in [3.63, 3.8) is 0 Å². The van der Waals surface area contributed by atoms with E-state index < -0.39 is 15.9 Å². The van der Waals surface area contributed by atoms with Crippen molar-refractivity contribution < 1.29 is 22.7 Å². The third kappa shape index (κ3) is 3.71. The first-order valence-electron chi connectivity index (χ1n) is 8.33. The molecule has 2 aromatic rings. The molecule has 0 radical (unpaired) electrons. The molecule has 0 saturated heterocycles. The molecule has 0 fully saturated rings. The maximum absolute atomic E-state index is 13.0. The van der Waals surface area contributed by atoms with E-state index in [0.29, 0.717) is 34.9 Å². The lowest BCUT2D eigenvalue weighted by Crippen LogP contribution is -2.33. The summed E-state index contributed by atoms with van der Waals surface area (Å²) >= 11 is 0. The molecule has 144 valence electrons. The normalized spacial score (nSPS) is 14.8. The van der Waals surface area contributed by atoms with Crippen LogP contribution in [0.1, 0.15) is 27.5 Å². The fraction of sp³-hybridized carbons (Fsp3) is 0.316. The highest BCUT2D eigenvalue weighted by molar-refractivity contribution is 7.90. The minimum Gasteiger partial charge on any atom is -0.493 e. The van der Waals surface area contributed by atoms with E-state index in [0.717, 1.165) is 11.8 Å². The second kappa shape index (κ2) is 7.11. The number of fused-ring (bicyclic) bond motifs is 1. The van der Waals surface area contributed by atoms with Crippen LogP contribution in [0.15, 0.2) is 36.4 Å². The Morgan fingerprint density at radius 1 is 1.15 bits per heavy atom. The van der Waals surface area contributed by atoms with Crippen molar-refractivity contribution in [3.05, 3.63) is 53.1 Å². The van der Waals surface area contributed by atoms with Gasteiger partial charge in [0, 0.05) is 18.5 Å². The zero-order chi connectivity index (χ0) is 19.8. The van der Waals surface area contributed by atoms with Crippen molar-refractivity contribution in [3.8, 4) is 11.5 Å². The predicted molar refractivity (Wildman–Crippen MR) is 103 cm³/mol. The van der Waals surface area contributed by atoms with Gasteiger partial charge in [-0.3, -0.25) is 4.79 Å². The molecule has 1 aliphatic rings. The van der Waals surface area contributed by atoms with Gasteiger partial charge in [0.1, 0.15) is 9.84 Å². The zero-order valence-corrected chi connectivity index (χ0v) is 16.2. The Bertz CT molecular complexity index is 988. The highest BCUT2D eigenvalue weighted by atomic mass is 32.2. The molecule has 0 spiro atoms. The van der Waals surface area contributed by atoms with Crippen molar-refractivity contribution in [2.45, 2.75) is 12.6 Å². The monoisotopic (exact) mass is 390 g/mol. The summed E-state index contributed by atoms with van der Waals surface area (Å²) in [6, 6.07) is 9.76. The van der Waals surface area contributed by atoms with Crippen LogP contribution in [0.2, 0.25) is 0 Å². The predicted octanol–water partition coefficient (Wildman–Crippen LogP) is 2.03. The molecule has 1 aliphatic heterocycles. The number of sulfone groups is 1. The van der Waals surface area contributed by atoms with Crippen LogP contribution in [0.5, 0.6) is 11.5 Å². The quantitative estimate of drug-likeness (QED) is 0.758. The summed E-state index contributed by atoms with van der Waals surface area (Å²) < 4.78 is 34.7. The molecule has 0 aliphatic carbocycles. The van der Waals surface area contributed by atoms with Gasteiger partial charge in [0.2, 0.25) is 0 Å². The summed E-state index contributed by atoms with van der Waals surface area (Å²) in [5.74, 6) is 0.519. The molecule has 2 aromatic carbocycles. The van der Waals surface area contributed by atoms with E-state index in [9.17, 15) is 13.2 Å². The van der Waals surface area contributed by atoms with Gasteiger partial charge in [0.05, 0.1) is 31.6 Å². The molecule has 2 N–H and O–H groups in total. The van der Waals surface area contributed by atoms with Gasteiger partial charge in [-0.15, -0.1) is 0 Å². The van der Waals surface area contributed by atoms with Crippen LogP contribution in [0.4, 0.5) is 5.69 Å². The summed E-state index contributed by atoms with van der Waals surface area (Å²) in [4.78, 5) is 14.5. The number of anilines is 1. The Kier molecular flexibility index (Phi) is 5.01. The zero-order valence-electron chi connectivity index (χ0n) is 15.4. The average molecular weight is 390 g/mol. The van der Waals surface area contributed by atoms with Crippen LogP contribution in [-0.2, 0) is 16.4 Å². The second-order valence-corrected chi connectivity index (χ2v) is 8.72. The van der Waals surface area contributed by atoms with Gasteiger partial charge in [0.15, 0.2) is 11.5 Å². The Balaban J connectivity index is 2.06. The highest BCUT2D eigenvalue weighted by Crippen LogP contribution is 2.37. The Morgan fingerprint density at radius 2 is 1.85 bits per heavy atom. The van der Waals surface area contributed by atoms with E-state index in [1.807, 2.05) is 6.07 Å². The third-order valence-corrected chi connectivity index (χ3v) is 5.55. The Morgan fingerprint density at radius 3 is 2.44 bits per heavy atom. The van der Waals surface area contributed by atoms with Crippen LogP contribution in [0.3, 0.4) is 0 Å². The molecule has 0 saturated carbocycles. The number of carbonyl (C=O) groups excluding carboxylic acids is 1. The number of nitrogen functional groups attached to an aromatic ring is 1. The van der Waals surface area contributed by atoms with E-state index >= 15 is 0 Å². The van der Waals surface area contributed by atoms with Gasteiger partial charge in [0.25, 0.3) is 5.91 Å². The SMILES string of the molecule is COc1ccc(C(CS(C)(=O)=O)N2Cc3cccc(N)c3C2=O)cc1OC. The number of hydrogen-bond acceptors (Lipinski definition) is 6. The van der Waals surface area contributed by atoms with Crippen LogP contribution >= 0.6 is 0 Å². The van der Waals surface area contributed by atoms with Gasteiger partial charge in [-0.2, -0.15) is 0 Å². The maximum atomic E-state index is 13.0. The van der Waals surface area contributed by atoms with Crippen LogP contribution < -0.4 is 15.2 Å². The van der Waals surface area contributed by atoms with Crippen molar-refractivity contribution >= 4 is 21.4 Å². The summed E-state index contributed by atoms with van der Waals surface area (Å²) in [5.41, 5.74) is 8.25. The van der Waals surface area contributed by atoms with Gasteiger partial charge in [-0.1, -0.05) is 18.2 Å². The van der Waals surface area contributed by atoms with Crippen molar-refractivity contribution in [1.82, 2.24) is 4.90 Å². The number of benzene rings is 2. The fourth-order valence-corrected chi connectivity index (χ4v) is 4.32. The number of hydrogen-bond donors (Lipinski definition) is 1. The molecule has 0 bridgehead atoms. The molecule has 1 heterocycles. The molecule has 1 atom stereocenters. The van der Waals surface area contributed by atoms with E-state index in [1.54, 1.807) is 35.2 Å². The number of rotatable bonds is 6. The van der Waals surface area contributed by atoms with Gasteiger partial charge < -0.3 is 20.1 Å². The standard InChI is InChI=1S/C19H22N2O5S/c1-25-16-8-7-12(9-17(16)26-2)15(11-27(3,23)24)21-10-13-5-4-6-14(20)18(13)19(21)22/h4-9,15H,10-11,20H2,1-3H3.